The average molecular weight is 680 g/mol. The molecule has 6 nitrogen and oxygen atoms in total. The van der Waals surface area contributed by atoms with E-state index in [-0.39, 0.29) is 19.0 Å². The van der Waals surface area contributed by atoms with Crippen LogP contribution in [0.15, 0.2) is 127 Å². The summed E-state index contributed by atoms with van der Waals surface area (Å²) in [6, 6.07) is 42.8. The zero-order chi connectivity index (χ0) is 33.0. The molecule has 6 rings (SSSR count). The fraction of sp³-hybridized carbons (Fsp3) is 0.150. The number of carbonyl (C=O) groups excluding carboxylic acids is 1. The van der Waals surface area contributed by atoms with E-state index >= 15 is 0 Å². The number of aromatic nitrogens is 1. The number of halogens is 1. The van der Waals surface area contributed by atoms with E-state index in [1.54, 1.807) is 21.3 Å². The minimum absolute atomic E-state index is 0. The molecule has 0 aliphatic rings. The first-order valence-corrected chi connectivity index (χ1v) is 18.2. The molecule has 246 valence electrons. The molecule has 8 heteroatoms. The van der Waals surface area contributed by atoms with E-state index in [1.165, 1.54) is 0 Å². The molecule has 1 heterocycles. The minimum Gasteiger partial charge on any atom is -0.147 e. The van der Waals surface area contributed by atoms with Crippen LogP contribution < -0.4 is 35.6 Å². The van der Waals surface area contributed by atoms with Crippen LogP contribution in [-0.2, 0) is 4.74 Å². The van der Waals surface area contributed by atoms with Gasteiger partial charge in [-0.1, -0.05) is 0 Å². The van der Waals surface area contributed by atoms with Gasteiger partial charge in [0, 0.05) is 0 Å². The second-order valence-electron chi connectivity index (χ2n) is 11.4. The predicted octanol–water partition coefficient (Wildman–Crippen LogP) is 7.31. The molecule has 0 spiro atoms. The summed E-state index contributed by atoms with van der Waals surface area (Å²) in [5.41, 5.74) is 3.24. The van der Waals surface area contributed by atoms with Crippen LogP contribution in [0.1, 0.15) is 17.3 Å². The van der Waals surface area contributed by atoms with Gasteiger partial charge >= 0.3 is 276 Å². The molecule has 0 radical (unpaired) electrons. The first-order valence-electron chi connectivity index (χ1n) is 15.5. The largest absolute Gasteiger partial charge is 0.147 e. The Kier molecular flexibility index (Phi) is 10.1. The van der Waals surface area contributed by atoms with Gasteiger partial charge in [-0.05, 0) is 0 Å². The first-order chi connectivity index (χ1) is 22.9. The molecule has 0 aliphatic carbocycles. The van der Waals surface area contributed by atoms with Gasteiger partial charge in [-0.2, -0.15) is 0 Å². The molecular weight excluding hydrogens is 641 g/mol. The summed E-state index contributed by atoms with van der Waals surface area (Å²) >= 11 is 0. The molecule has 1 aromatic heterocycles. The predicted molar refractivity (Wildman–Crippen MR) is 201 cm³/mol. The fourth-order valence-electron chi connectivity index (χ4n) is 6.65. The fourth-order valence-corrected chi connectivity index (χ4v) is 12.2. The number of nitrogens with zero attached hydrogens (tertiary/aromatic N) is 1. The Morgan fingerprint density at radius 2 is 1.15 bits per heavy atom. The maximum atomic E-state index is 14.7. The van der Waals surface area contributed by atoms with Gasteiger partial charge in [-0.25, -0.2) is 0 Å². The third kappa shape index (κ3) is 5.45. The summed E-state index contributed by atoms with van der Waals surface area (Å²) in [6.07, 6.45) is 0. The monoisotopic (exact) mass is 679 g/mol. The summed E-state index contributed by atoms with van der Waals surface area (Å²) in [4.78, 5) is 20.2. The Morgan fingerprint density at radius 1 is 0.667 bits per heavy atom. The molecule has 0 amide bonds. The Hall–Kier alpha value is -4.90. The Balaban J connectivity index is 0.00000451. The molecule has 48 heavy (non-hydrogen) atoms. The van der Waals surface area contributed by atoms with Crippen LogP contribution in [0.2, 0.25) is 0 Å². The maximum absolute atomic E-state index is 14.7. The van der Waals surface area contributed by atoms with Crippen LogP contribution in [0.3, 0.4) is 0 Å². The van der Waals surface area contributed by atoms with Crippen LogP contribution in [-0.4, -0.2) is 45.6 Å². The van der Waals surface area contributed by atoms with Crippen LogP contribution in [0.4, 0.5) is 0 Å². The SMILES string of the molecule is CCOC(=O)c1c(P(C)(c2ccccc2)(c2ccccc2)c2ccccc2)nc2cc(OC)c(OC)cc2c1-c1ccc(OC)cc1.Cl. The van der Waals surface area contributed by atoms with E-state index in [9.17, 15) is 4.79 Å². The molecule has 0 aliphatic heterocycles. The standard InChI is InChI=1S/C40H38NO5P.ClH/c1-6-46-40(42)38-37(28-22-24-29(43-2)25-23-28)33-26-35(44-3)36(45-4)27-34(33)41-39(38)47(5,30-16-10-7-11-17-30,31-18-12-8-13-19-31)32-20-14-9-15-21-32;/h7-27H,6H2,1-5H3;1H. The van der Waals surface area contributed by atoms with Crippen molar-refractivity contribution in [1.82, 2.24) is 4.98 Å². The average Bonchev–Trinajstić information content (AvgIpc) is 3.14. The number of pyridine rings is 1. The number of fused-ring (bicyclic) bond motifs is 1. The van der Waals surface area contributed by atoms with Gasteiger partial charge in [0.2, 0.25) is 0 Å². The van der Waals surface area contributed by atoms with Crippen LogP contribution >= 0.6 is 19.0 Å². The zero-order valence-corrected chi connectivity index (χ0v) is 29.4. The minimum atomic E-state index is -3.84. The van der Waals surface area contributed by atoms with E-state index < -0.39 is 12.6 Å². The van der Waals surface area contributed by atoms with E-state index in [0.717, 1.165) is 26.9 Å². The number of esters is 1. The second-order valence-corrected chi connectivity index (χ2v) is 16.5. The topological polar surface area (TPSA) is 66.9 Å². The van der Waals surface area contributed by atoms with Crippen LogP contribution in [0.25, 0.3) is 22.0 Å². The van der Waals surface area contributed by atoms with Crippen LogP contribution in [0.5, 0.6) is 17.2 Å². The number of hydrogen-bond donors (Lipinski definition) is 0. The van der Waals surface area contributed by atoms with Crippen molar-refractivity contribution in [3.8, 4) is 28.4 Å². The smallest absolute Gasteiger partial charge is 0.147 e. The number of methoxy groups -OCH3 is 3. The van der Waals surface area contributed by atoms with Crippen molar-refractivity contribution in [3.63, 3.8) is 0 Å². The number of benzene rings is 5. The third-order valence-electron chi connectivity index (χ3n) is 9.06. The summed E-state index contributed by atoms with van der Waals surface area (Å²) in [7, 11) is 4.85. The molecular formula is C40H39ClNO5P. The first kappa shape index (κ1) is 34.4. The zero-order valence-electron chi connectivity index (χ0n) is 27.7. The van der Waals surface area contributed by atoms with Crippen molar-refractivity contribution in [2.24, 2.45) is 0 Å². The van der Waals surface area contributed by atoms with Gasteiger partial charge in [-0.3, -0.25) is 0 Å². The molecule has 0 unspecified atom stereocenters. The van der Waals surface area contributed by atoms with Gasteiger partial charge in [0.25, 0.3) is 0 Å². The van der Waals surface area contributed by atoms with Crippen molar-refractivity contribution in [2.75, 3.05) is 34.6 Å². The molecule has 5 aromatic carbocycles. The van der Waals surface area contributed by atoms with Gasteiger partial charge in [0.05, 0.1) is 0 Å². The Labute approximate surface area is 288 Å². The summed E-state index contributed by atoms with van der Waals surface area (Å²) in [5, 5.41) is 3.93. The molecule has 0 fully saturated rings. The Bertz CT molecular complexity index is 1940. The molecule has 0 N–H and O–H groups in total. The van der Waals surface area contributed by atoms with Gasteiger partial charge in [0.1, 0.15) is 0 Å². The number of carbonyl (C=O) groups is 1. The second kappa shape index (κ2) is 14.1. The van der Waals surface area contributed by atoms with Gasteiger partial charge < -0.3 is 0 Å². The molecule has 0 bridgehead atoms. The van der Waals surface area contributed by atoms with E-state index in [2.05, 4.69) is 79.5 Å². The maximum Gasteiger partial charge on any atom is -0.147 e. The number of ether oxygens (including phenoxy) is 4. The third-order valence-corrected chi connectivity index (χ3v) is 15.2. The number of hydrogen-bond acceptors (Lipinski definition) is 6. The summed E-state index contributed by atoms with van der Waals surface area (Å²) < 4.78 is 23.0. The van der Waals surface area contributed by atoms with Crippen molar-refractivity contribution in [3.05, 3.63) is 133 Å². The molecule has 6 aromatic rings. The van der Waals surface area contributed by atoms with Crippen molar-refractivity contribution < 1.29 is 23.7 Å². The quantitative estimate of drug-likeness (QED) is 0.112. The van der Waals surface area contributed by atoms with Gasteiger partial charge in [0.15, 0.2) is 0 Å². The van der Waals surface area contributed by atoms with Crippen molar-refractivity contribution in [2.45, 2.75) is 6.92 Å². The van der Waals surface area contributed by atoms with Gasteiger partial charge in [-0.15, -0.1) is 12.4 Å². The van der Waals surface area contributed by atoms with E-state index in [0.29, 0.717) is 39.3 Å². The van der Waals surface area contributed by atoms with E-state index in [4.69, 9.17) is 23.9 Å². The Morgan fingerprint density at radius 3 is 1.58 bits per heavy atom. The van der Waals surface area contributed by atoms with Crippen molar-refractivity contribution >= 4 is 57.2 Å². The molecule has 0 atom stereocenters. The van der Waals surface area contributed by atoms with Crippen molar-refractivity contribution in [1.29, 1.82) is 0 Å². The molecule has 0 saturated heterocycles. The summed E-state index contributed by atoms with van der Waals surface area (Å²) in [6.45, 7) is 0.479. The normalized spacial score (nSPS) is 11.9. The number of rotatable bonds is 10. The van der Waals surface area contributed by atoms with E-state index in [1.807, 2.05) is 61.5 Å². The van der Waals surface area contributed by atoms with Crippen LogP contribution in [0, 0.1) is 0 Å². The summed E-state index contributed by atoms with van der Waals surface area (Å²) in [5.74, 6) is 1.33. The molecule has 0 saturated carbocycles.